The molecular weight excluding hydrogens is 190 g/mol. The molecule has 0 radical (unpaired) electrons. The maximum Gasteiger partial charge on any atom is 0.264 e. The molecule has 2 rings (SSSR count). The molecule has 0 unspecified atom stereocenters. The first-order valence-corrected chi connectivity index (χ1v) is 3.89. The third kappa shape index (κ3) is 1.56. The second kappa shape index (κ2) is 3.10. The van der Waals surface area contributed by atoms with Gasteiger partial charge < -0.3 is 0 Å². The largest absolute Gasteiger partial charge is 0.298 e. The number of nitrogens with one attached hydrogen (secondary N) is 2. The molecule has 0 aliphatic carbocycles. The maximum atomic E-state index is 12.8. The highest BCUT2D eigenvalue weighted by atomic mass is 19.1. The van der Waals surface area contributed by atoms with Crippen molar-refractivity contribution in [2.75, 3.05) is 0 Å². The summed E-state index contributed by atoms with van der Waals surface area (Å²) in [5.41, 5.74) is 0.305. The van der Waals surface area contributed by atoms with Crippen LogP contribution in [0.25, 0.3) is 11.3 Å². The lowest BCUT2D eigenvalue weighted by Crippen LogP contribution is -1.93. The Bertz CT molecular complexity index is 495. The van der Waals surface area contributed by atoms with Crippen LogP contribution in [0.15, 0.2) is 29.1 Å². The van der Waals surface area contributed by atoms with Crippen molar-refractivity contribution in [3.05, 3.63) is 46.3 Å². The van der Waals surface area contributed by atoms with Crippen molar-refractivity contribution < 1.29 is 8.78 Å². The van der Waals surface area contributed by atoms with Gasteiger partial charge in [0.05, 0.1) is 5.69 Å². The van der Waals surface area contributed by atoms with E-state index in [1.807, 2.05) is 0 Å². The van der Waals surface area contributed by atoms with Gasteiger partial charge in [-0.25, -0.2) is 8.78 Å². The first kappa shape index (κ1) is 8.68. The monoisotopic (exact) mass is 196 g/mol. The van der Waals surface area contributed by atoms with Crippen LogP contribution >= 0.6 is 0 Å². The number of benzene rings is 1. The van der Waals surface area contributed by atoms with E-state index in [1.54, 1.807) is 0 Å². The zero-order valence-electron chi connectivity index (χ0n) is 6.97. The highest BCUT2D eigenvalue weighted by Crippen LogP contribution is 2.17. The Morgan fingerprint density at radius 1 is 0.929 bits per heavy atom. The highest BCUT2D eigenvalue weighted by molar-refractivity contribution is 5.58. The molecule has 72 valence electrons. The lowest BCUT2D eigenvalue weighted by molar-refractivity contribution is 0.584. The maximum absolute atomic E-state index is 12.8. The summed E-state index contributed by atoms with van der Waals surface area (Å²) in [6, 6.07) is 4.28. The minimum atomic E-state index is -0.679. The Labute approximate surface area is 77.4 Å². The molecule has 2 N–H and O–H groups in total. The molecule has 1 heterocycles. The first-order chi connectivity index (χ1) is 6.65. The Morgan fingerprint density at radius 2 is 1.57 bits per heavy atom. The van der Waals surface area contributed by atoms with Gasteiger partial charge >= 0.3 is 0 Å². The standard InChI is InChI=1S/C9H6F2N2O/c10-6-1-5(2-7(11)3-6)8-4-9(14)13-12-8/h1-4H,(H2,12,13,14). The second-order valence-corrected chi connectivity index (χ2v) is 2.83. The summed E-state index contributed by atoms with van der Waals surface area (Å²) < 4.78 is 25.6. The summed E-state index contributed by atoms with van der Waals surface area (Å²) in [4.78, 5) is 10.8. The Balaban J connectivity index is 2.56. The summed E-state index contributed by atoms with van der Waals surface area (Å²) in [6.07, 6.45) is 0. The molecule has 0 aliphatic heterocycles. The molecule has 0 saturated heterocycles. The van der Waals surface area contributed by atoms with E-state index < -0.39 is 11.6 Å². The van der Waals surface area contributed by atoms with Gasteiger partial charge in [-0.3, -0.25) is 15.0 Å². The molecule has 0 bridgehead atoms. The van der Waals surface area contributed by atoms with E-state index in [9.17, 15) is 13.6 Å². The van der Waals surface area contributed by atoms with Gasteiger partial charge in [-0.15, -0.1) is 0 Å². The van der Waals surface area contributed by atoms with Crippen molar-refractivity contribution in [1.82, 2.24) is 10.2 Å². The lowest BCUT2D eigenvalue weighted by Gasteiger charge is -1.97. The molecular formula is C9H6F2N2O. The van der Waals surface area contributed by atoms with Crippen LogP contribution in [0.5, 0.6) is 0 Å². The Hall–Kier alpha value is -1.91. The van der Waals surface area contributed by atoms with Gasteiger partial charge in [0.25, 0.3) is 5.56 Å². The molecule has 14 heavy (non-hydrogen) atoms. The second-order valence-electron chi connectivity index (χ2n) is 2.83. The van der Waals surface area contributed by atoms with Crippen molar-refractivity contribution in [1.29, 1.82) is 0 Å². The molecule has 0 fully saturated rings. The summed E-state index contributed by atoms with van der Waals surface area (Å²) in [6.45, 7) is 0. The van der Waals surface area contributed by atoms with Gasteiger partial charge in [-0.05, 0) is 12.1 Å². The van der Waals surface area contributed by atoms with Gasteiger partial charge in [0.2, 0.25) is 0 Å². The third-order valence-corrected chi connectivity index (χ3v) is 1.77. The van der Waals surface area contributed by atoms with E-state index >= 15 is 0 Å². The van der Waals surface area contributed by atoms with Crippen LogP contribution in [0, 0.1) is 11.6 Å². The van der Waals surface area contributed by atoms with E-state index in [0.29, 0.717) is 11.3 Å². The molecule has 1 aromatic heterocycles. The number of aromatic amines is 2. The van der Waals surface area contributed by atoms with Crippen molar-refractivity contribution in [3.8, 4) is 11.3 Å². The van der Waals surface area contributed by atoms with Gasteiger partial charge in [0, 0.05) is 17.7 Å². The Kier molecular flexibility index (Phi) is 1.92. The van der Waals surface area contributed by atoms with Crippen LogP contribution in [0.1, 0.15) is 0 Å². The molecule has 0 amide bonds. The Morgan fingerprint density at radius 3 is 2.07 bits per heavy atom. The quantitative estimate of drug-likeness (QED) is 0.715. The van der Waals surface area contributed by atoms with Crippen LogP contribution in [0.3, 0.4) is 0 Å². The number of rotatable bonds is 1. The zero-order valence-corrected chi connectivity index (χ0v) is 6.97. The topological polar surface area (TPSA) is 48.6 Å². The van der Waals surface area contributed by atoms with Crippen molar-refractivity contribution in [2.45, 2.75) is 0 Å². The number of hydrogen-bond acceptors (Lipinski definition) is 1. The van der Waals surface area contributed by atoms with E-state index in [-0.39, 0.29) is 5.56 Å². The van der Waals surface area contributed by atoms with Crippen molar-refractivity contribution in [3.63, 3.8) is 0 Å². The average Bonchev–Trinajstić information content (AvgIpc) is 2.50. The minimum absolute atomic E-state index is 0.292. The molecule has 0 atom stereocenters. The molecule has 0 spiro atoms. The third-order valence-electron chi connectivity index (χ3n) is 1.77. The van der Waals surface area contributed by atoms with Gasteiger partial charge in [0.15, 0.2) is 0 Å². The molecule has 5 heteroatoms. The summed E-state index contributed by atoms with van der Waals surface area (Å²) >= 11 is 0. The van der Waals surface area contributed by atoms with Crippen LogP contribution in [-0.2, 0) is 0 Å². The first-order valence-electron chi connectivity index (χ1n) is 3.89. The van der Waals surface area contributed by atoms with Gasteiger partial charge in [-0.1, -0.05) is 0 Å². The normalized spacial score (nSPS) is 10.4. The van der Waals surface area contributed by atoms with Crippen LogP contribution in [0.2, 0.25) is 0 Å². The average molecular weight is 196 g/mol. The summed E-state index contributed by atoms with van der Waals surface area (Å²) in [5.74, 6) is -1.36. The smallest absolute Gasteiger partial charge is 0.264 e. The number of aromatic nitrogens is 2. The van der Waals surface area contributed by atoms with Crippen LogP contribution in [-0.4, -0.2) is 10.2 Å². The SMILES string of the molecule is O=c1cc(-c2cc(F)cc(F)c2)[nH][nH]1. The predicted octanol–water partition coefficient (Wildman–Crippen LogP) is 1.65. The van der Waals surface area contributed by atoms with E-state index in [0.717, 1.165) is 18.2 Å². The van der Waals surface area contributed by atoms with E-state index in [4.69, 9.17) is 0 Å². The van der Waals surface area contributed by atoms with Crippen molar-refractivity contribution in [2.24, 2.45) is 0 Å². The van der Waals surface area contributed by atoms with Crippen LogP contribution < -0.4 is 5.56 Å². The highest BCUT2D eigenvalue weighted by Gasteiger charge is 2.04. The van der Waals surface area contributed by atoms with Gasteiger partial charge in [-0.2, -0.15) is 0 Å². The minimum Gasteiger partial charge on any atom is -0.298 e. The number of halogens is 2. The molecule has 0 saturated carbocycles. The molecule has 3 nitrogen and oxygen atoms in total. The molecule has 0 aliphatic rings. The molecule has 1 aromatic carbocycles. The lowest BCUT2D eigenvalue weighted by atomic mass is 10.1. The number of H-pyrrole nitrogens is 2. The van der Waals surface area contributed by atoms with Crippen molar-refractivity contribution >= 4 is 0 Å². The van der Waals surface area contributed by atoms with Crippen LogP contribution in [0.4, 0.5) is 8.78 Å². The summed E-state index contributed by atoms with van der Waals surface area (Å²) in [7, 11) is 0. The van der Waals surface area contributed by atoms with E-state index in [2.05, 4.69) is 10.2 Å². The zero-order chi connectivity index (χ0) is 10.1. The predicted molar refractivity (Wildman–Crippen MR) is 46.8 cm³/mol. The fraction of sp³-hybridized carbons (Fsp3) is 0. The summed E-state index contributed by atoms with van der Waals surface area (Å²) in [5, 5.41) is 4.79. The molecule has 2 aromatic rings. The number of hydrogen-bond donors (Lipinski definition) is 2. The van der Waals surface area contributed by atoms with Gasteiger partial charge in [0.1, 0.15) is 11.6 Å². The van der Waals surface area contributed by atoms with E-state index in [1.165, 1.54) is 6.07 Å². The fourth-order valence-corrected chi connectivity index (χ4v) is 1.20. The fourth-order valence-electron chi connectivity index (χ4n) is 1.20.